The number of ether oxygens (including phenoxy) is 2. The van der Waals surface area contributed by atoms with E-state index in [0.717, 1.165) is 5.56 Å². The highest BCUT2D eigenvalue weighted by Crippen LogP contribution is 2.10. The van der Waals surface area contributed by atoms with Crippen LogP contribution in [0.3, 0.4) is 0 Å². The maximum Gasteiger partial charge on any atom is 0.407 e. The van der Waals surface area contributed by atoms with Gasteiger partial charge in [-0.05, 0) is 33.3 Å². The van der Waals surface area contributed by atoms with E-state index in [4.69, 9.17) is 9.47 Å². The predicted octanol–water partition coefficient (Wildman–Crippen LogP) is 3.20. The largest absolute Gasteiger partial charge is 0.457 e. The summed E-state index contributed by atoms with van der Waals surface area (Å²) in [5.74, 6) is -0.396. The van der Waals surface area contributed by atoms with Crippen LogP contribution in [0.4, 0.5) is 4.79 Å². The van der Waals surface area contributed by atoms with Crippen LogP contribution in [-0.4, -0.2) is 24.2 Å². The average Bonchev–Trinajstić information content (AvgIpc) is 2.44. The number of alkyl carbamates (subject to hydrolysis) is 1. The third-order valence-corrected chi connectivity index (χ3v) is 2.59. The number of rotatable bonds is 5. The zero-order valence-electron chi connectivity index (χ0n) is 13.5. The second-order valence-electron chi connectivity index (χ2n) is 5.83. The topological polar surface area (TPSA) is 64.6 Å². The van der Waals surface area contributed by atoms with E-state index in [1.54, 1.807) is 33.8 Å². The van der Waals surface area contributed by atoms with E-state index in [1.165, 1.54) is 0 Å². The van der Waals surface area contributed by atoms with Crippen LogP contribution in [-0.2, 0) is 20.9 Å². The van der Waals surface area contributed by atoms with Crippen molar-refractivity contribution in [3.63, 3.8) is 0 Å². The van der Waals surface area contributed by atoms with Gasteiger partial charge in [-0.2, -0.15) is 0 Å². The summed E-state index contributed by atoms with van der Waals surface area (Å²) in [5.41, 5.74) is 0.824. The molecule has 5 nitrogen and oxygen atoms in total. The van der Waals surface area contributed by atoms with Gasteiger partial charge in [0.15, 0.2) is 0 Å². The Morgan fingerprint density at radius 1 is 1.18 bits per heavy atom. The van der Waals surface area contributed by atoms with Gasteiger partial charge in [0.25, 0.3) is 0 Å². The number of amides is 1. The average molecular weight is 305 g/mol. The molecule has 5 heteroatoms. The summed E-state index contributed by atoms with van der Waals surface area (Å²) >= 11 is 0. The lowest BCUT2D eigenvalue weighted by Crippen LogP contribution is -2.26. The number of benzene rings is 1. The van der Waals surface area contributed by atoms with Gasteiger partial charge in [-0.25, -0.2) is 9.59 Å². The lowest BCUT2D eigenvalue weighted by molar-refractivity contribution is -0.149. The molecule has 0 radical (unpaired) electrons. The second-order valence-corrected chi connectivity index (χ2v) is 5.83. The van der Waals surface area contributed by atoms with Crippen LogP contribution in [0.25, 0.3) is 0 Å². The quantitative estimate of drug-likeness (QED) is 0.670. The fourth-order valence-electron chi connectivity index (χ4n) is 1.50. The van der Waals surface area contributed by atoms with Crippen molar-refractivity contribution in [1.82, 2.24) is 5.32 Å². The van der Waals surface area contributed by atoms with Crippen molar-refractivity contribution < 1.29 is 19.1 Å². The van der Waals surface area contributed by atoms with Crippen molar-refractivity contribution in [3.05, 3.63) is 47.5 Å². The minimum absolute atomic E-state index is 0.207. The normalized spacial score (nSPS) is 11.7. The molecule has 0 aliphatic carbocycles. The minimum Gasteiger partial charge on any atom is -0.457 e. The highest BCUT2D eigenvalue weighted by atomic mass is 16.6. The van der Waals surface area contributed by atoms with E-state index >= 15 is 0 Å². The summed E-state index contributed by atoms with van der Waals surface area (Å²) in [5, 5.41) is 2.56. The molecule has 1 N–H and O–H groups in total. The monoisotopic (exact) mass is 305 g/mol. The van der Waals surface area contributed by atoms with Crippen molar-refractivity contribution in [1.29, 1.82) is 0 Å². The molecule has 1 amide bonds. The van der Waals surface area contributed by atoms with Crippen LogP contribution in [0.15, 0.2) is 42.0 Å². The molecule has 0 fully saturated rings. The number of hydrogen-bond acceptors (Lipinski definition) is 4. The van der Waals surface area contributed by atoms with Crippen LogP contribution in [0.5, 0.6) is 0 Å². The molecule has 0 spiro atoms. The minimum atomic E-state index is -0.534. The molecule has 0 aliphatic heterocycles. The van der Waals surface area contributed by atoms with E-state index in [2.05, 4.69) is 5.32 Å². The smallest absolute Gasteiger partial charge is 0.407 e. The SMILES string of the molecule is C/C(=C/CNC(=O)OCc1ccccc1)C(=O)OC(C)(C)C. The van der Waals surface area contributed by atoms with E-state index in [9.17, 15) is 9.59 Å². The van der Waals surface area contributed by atoms with Gasteiger partial charge in [0.1, 0.15) is 12.2 Å². The maximum absolute atomic E-state index is 11.7. The van der Waals surface area contributed by atoms with Gasteiger partial charge in [-0.15, -0.1) is 0 Å². The molecule has 1 rings (SSSR count). The van der Waals surface area contributed by atoms with Crippen molar-refractivity contribution in [3.8, 4) is 0 Å². The van der Waals surface area contributed by atoms with E-state index in [1.807, 2.05) is 30.3 Å². The molecule has 0 saturated carbocycles. The first-order valence-corrected chi connectivity index (χ1v) is 7.12. The maximum atomic E-state index is 11.7. The van der Waals surface area contributed by atoms with Gasteiger partial charge in [-0.3, -0.25) is 0 Å². The zero-order chi connectivity index (χ0) is 16.6. The molecule has 0 bridgehead atoms. The van der Waals surface area contributed by atoms with Gasteiger partial charge in [-0.1, -0.05) is 36.4 Å². The molecule has 0 aromatic heterocycles. The summed E-state index contributed by atoms with van der Waals surface area (Å²) in [6, 6.07) is 9.40. The van der Waals surface area contributed by atoms with Crippen LogP contribution in [0.2, 0.25) is 0 Å². The summed E-state index contributed by atoms with van der Waals surface area (Å²) in [6.45, 7) is 7.47. The Kier molecular flexibility index (Phi) is 6.63. The second kappa shape index (κ2) is 8.22. The lowest BCUT2D eigenvalue weighted by atomic mass is 10.2. The first-order valence-electron chi connectivity index (χ1n) is 7.12. The number of hydrogen-bond donors (Lipinski definition) is 1. The summed E-state index contributed by atoms with van der Waals surface area (Å²) < 4.78 is 10.3. The molecule has 0 aliphatic rings. The summed E-state index contributed by atoms with van der Waals surface area (Å²) in [6.07, 6.45) is 1.06. The Morgan fingerprint density at radius 2 is 1.82 bits per heavy atom. The van der Waals surface area contributed by atoms with Gasteiger partial charge in [0.05, 0.1) is 0 Å². The van der Waals surface area contributed by atoms with E-state index in [0.29, 0.717) is 5.57 Å². The van der Waals surface area contributed by atoms with Crippen LogP contribution in [0.1, 0.15) is 33.3 Å². The van der Waals surface area contributed by atoms with Gasteiger partial charge in [0.2, 0.25) is 0 Å². The van der Waals surface area contributed by atoms with Crippen molar-refractivity contribution in [2.45, 2.75) is 39.9 Å². The number of carbonyl (C=O) groups excluding carboxylic acids is 2. The molecule has 0 saturated heterocycles. The standard InChI is InChI=1S/C17H23NO4/c1-13(15(19)22-17(2,3)4)10-11-18-16(20)21-12-14-8-6-5-7-9-14/h5-10H,11-12H2,1-4H3,(H,18,20)/b13-10-. The van der Waals surface area contributed by atoms with E-state index < -0.39 is 17.7 Å². The van der Waals surface area contributed by atoms with Crippen LogP contribution < -0.4 is 5.32 Å². The summed E-state index contributed by atoms with van der Waals surface area (Å²) in [7, 11) is 0. The Bertz CT molecular complexity index is 529. The molecule has 0 atom stereocenters. The van der Waals surface area contributed by atoms with E-state index in [-0.39, 0.29) is 13.2 Å². The molecule has 1 aromatic rings. The first-order chi connectivity index (χ1) is 10.3. The number of nitrogens with one attached hydrogen (secondary N) is 1. The van der Waals surface area contributed by atoms with Crippen LogP contribution in [0, 0.1) is 0 Å². The Hall–Kier alpha value is -2.30. The molecular weight excluding hydrogens is 282 g/mol. The number of esters is 1. The molecule has 0 unspecified atom stereocenters. The molecule has 120 valence electrons. The van der Waals surface area contributed by atoms with Crippen molar-refractivity contribution in [2.24, 2.45) is 0 Å². The van der Waals surface area contributed by atoms with Crippen molar-refractivity contribution in [2.75, 3.05) is 6.54 Å². The highest BCUT2D eigenvalue weighted by molar-refractivity contribution is 5.88. The lowest BCUT2D eigenvalue weighted by Gasteiger charge is -2.19. The van der Waals surface area contributed by atoms with Gasteiger partial charge in [0, 0.05) is 12.1 Å². The first kappa shape index (κ1) is 17.8. The molecular formula is C17H23NO4. The highest BCUT2D eigenvalue weighted by Gasteiger charge is 2.17. The van der Waals surface area contributed by atoms with Crippen LogP contribution >= 0.6 is 0 Å². The Morgan fingerprint density at radius 3 is 2.41 bits per heavy atom. The van der Waals surface area contributed by atoms with Gasteiger partial charge >= 0.3 is 12.1 Å². The number of carbonyl (C=O) groups is 2. The van der Waals surface area contributed by atoms with Crippen molar-refractivity contribution >= 4 is 12.1 Å². The fraction of sp³-hybridized carbons (Fsp3) is 0.412. The third-order valence-electron chi connectivity index (χ3n) is 2.59. The fourth-order valence-corrected chi connectivity index (χ4v) is 1.50. The third kappa shape index (κ3) is 7.47. The molecule has 22 heavy (non-hydrogen) atoms. The predicted molar refractivity (Wildman–Crippen MR) is 84.2 cm³/mol. The Balaban J connectivity index is 2.31. The zero-order valence-corrected chi connectivity index (χ0v) is 13.5. The molecule has 0 heterocycles. The molecule has 1 aromatic carbocycles. The summed E-state index contributed by atoms with van der Waals surface area (Å²) in [4.78, 5) is 23.2. The van der Waals surface area contributed by atoms with Gasteiger partial charge < -0.3 is 14.8 Å². The Labute approximate surface area is 131 Å².